The molecule has 0 aliphatic carbocycles. The second kappa shape index (κ2) is 4.77. The van der Waals surface area contributed by atoms with E-state index in [1.54, 1.807) is 0 Å². The highest BCUT2D eigenvalue weighted by Gasteiger charge is 2.31. The highest BCUT2D eigenvalue weighted by molar-refractivity contribution is 7.22. The van der Waals surface area contributed by atoms with Crippen LogP contribution in [0.15, 0.2) is 42.5 Å². The van der Waals surface area contributed by atoms with Crippen molar-refractivity contribution in [2.45, 2.75) is 13.1 Å². The van der Waals surface area contributed by atoms with Crippen LogP contribution >= 0.6 is 11.3 Å². The third kappa shape index (κ3) is 2.49. The van der Waals surface area contributed by atoms with E-state index in [9.17, 15) is 18.3 Å². The molecule has 0 saturated heterocycles. The number of hydrogen-bond acceptors (Lipinski definition) is 2. The number of hydrogen-bond donors (Lipinski definition) is 1. The number of fused-ring (bicyclic) bond motifs is 1. The minimum absolute atomic E-state index is 0.0910. The van der Waals surface area contributed by atoms with Gasteiger partial charge in [-0.05, 0) is 30.7 Å². The quantitative estimate of drug-likeness (QED) is 0.620. The first-order valence-electron chi connectivity index (χ1n) is 6.26. The Morgan fingerprint density at radius 2 is 1.81 bits per heavy atom. The summed E-state index contributed by atoms with van der Waals surface area (Å²) in [7, 11) is 0. The first-order valence-corrected chi connectivity index (χ1v) is 7.07. The molecule has 1 nitrogen and oxygen atoms in total. The molecule has 0 spiro atoms. The molecule has 1 N–H and O–H groups in total. The predicted octanol–water partition coefficient (Wildman–Crippen LogP) is 5.60. The van der Waals surface area contributed by atoms with Crippen molar-refractivity contribution >= 4 is 21.4 Å². The molecule has 5 heteroatoms. The van der Waals surface area contributed by atoms with Gasteiger partial charge in [-0.3, -0.25) is 0 Å². The molecule has 1 aromatic heterocycles. The maximum atomic E-state index is 12.8. The van der Waals surface area contributed by atoms with Crippen LogP contribution in [-0.2, 0) is 6.18 Å². The zero-order chi connectivity index (χ0) is 15.2. The maximum absolute atomic E-state index is 12.8. The Morgan fingerprint density at radius 3 is 2.48 bits per heavy atom. The van der Waals surface area contributed by atoms with Gasteiger partial charge in [0.25, 0.3) is 0 Å². The average Bonchev–Trinajstić information content (AvgIpc) is 2.75. The Labute approximate surface area is 123 Å². The van der Waals surface area contributed by atoms with Crippen LogP contribution < -0.4 is 0 Å². The van der Waals surface area contributed by atoms with Gasteiger partial charge in [0.2, 0.25) is 0 Å². The molecule has 0 fully saturated rings. The Kier molecular flexibility index (Phi) is 3.17. The number of halogens is 3. The van der Waals surface area contributed by atoms with Gasteiger partial charge in [0.1, 0.15) is 5.75 Å². The van der Waals surface area contributed by atoms with Crippen LogP contribution in [0.4, 0.5) is 13.2 Å². The van der Waals surface area contributed by atoms with Gasteiger partial charge in [0.15, 0.2) is 0 Å². The predicted molar refractivity (Wildman–Crippen MR) is 78.7 cm³/mol. The lowest BCUT2D eigenvalue weighted by molar-refractivity contribution is -0.137. The number of aromatic hydroxyl groups is 1. The van der Waals surface area contributed by atoms with Crippen LogP contribution in [0.5, 0.6) is 5.75 Å². The van der Waals surface area contributed by atoms with Crippen LogP contribution in [0.3, 0.4) is 0 Å². The fourth-order valence-electron chi connectivity index (χ4n) is 2.24. The normalized spacial score (nSPS) is 12.0. The first-order chi connectivity index (χ1) is 9.86. The summed E-state index contributed by atoms with van der Waals surface area (Å²) in [6.07, 6.45) is -4.41. The fraction of sp³-hybridized carbons (Fsp3) is 0.125. The molecule has 108 valence electrons. The molecule has 0 radical (unpaired) electrons. The van der Waals surface area contributed by atoms with E-state index in [0.29, 0.717) is 9.58 Å². The standard InChI is InChI=1S/C16H11F3OS/c1-9-3-2-4-10(7-9)15-14(20)12-8-11(16(17,18)19)5-6-13(12)21-15/h2-8,20H,1H3. The van der Waals surface area contributed by atoms with E-state index in [4.69, 9.17) is 0 Å². The van der Waals surface area contributed by atoms with Crippen LogP contribution in [0.1, 0.15) is 11.1 Å². The number of alkyl halides is 3. The zero-order valence-electron chi connectivity index (χ0n) is 11.0. The number of rotatable bonds is 1. The Bertz CT molecular complexity index is 818. The van der Waals surface area contributed by atoms with E-state index < -0.39 is 11.7 Å². The topological polar surface area (TPSA) is 20.2 Å². The molecule has 0 atom stereocenters. The van der Waals surface area contributed by atoms with Gasteiger partial charge in [-0.2, -0.15) is 13.2 Å². The van der Waals surface area contributed by atoms with Gasteiger partial charge in [-0.1, -0.05) is 29.8 Å². The summed E-state index contributed by atoms with van der Waals surface area (Å²) < 4.78 is 38.9. The van der Waals surface area contributed by atoms with Crippen LogP contribution in [0, 0.1) is 6.92 Å². The maximum Gasteiger partial charge on any atom is 0.416 e. The van der Waals surface area contributed by atoms with E-state index in [1.807, 2.05) is 31.2 Å². The minimum atomic E-state index is -4.41. The summed E-state index contributed by atoms with van der Waals surface area (Å²) in [6, 6.07) is 11.0. The molecular formula is C16H11F3OS. The van der Waals surface area contributed by atoms with Crippen molar-refractivity contribution in [1.82, 2.24) is 0 Å². The van der Waals surface area contributed by atoms with Gasteiger partial charge < -0.3 is 5.11 Å². The number of aryl methyl sites for hydroxylation is 1. The molecule has 0 bridgehead atoms. The van der Waals surface area contributed by atoms with Crippen LogP contribution in [0.25, 0.3) is 20.5 Å². The largest absolute Gasteiger partial charge is 0.506 e. The second-order valence-corrected chi connectivity index (χ2v) is 5.91. The minimum Gasteiger partial charge on any atom is -0.506 e. The summed E-state index contributed by atoms with van der Waals surface area (Å²) in [4.78, 5) is 0.591. The number of benzene rings is 2. The Morgan fingerprint density at radius 1 is 1.05 bits per heavy atom. The van der Waals surface area contributed by atoms with E-state index in [0.717, 1.165) is 23.3 Å². The molecule has 0 unspecified atom stereocenters. The summed E-state index contributed by atoms with van der Waals surface area (Å²) >= 11 is 1.29. The summed E-state index contributed by atoms with van der Waals surface area (Å²) in [5.74, 6) is -0.0910. The lowest BCUT2D eigenvalue weighted by Gasteiger charge is -2.05. The molecule has 21 heavy (non-hydrogen) atoms. The third-order valence-electron chi connectivity index (χ3n) is 3.27. The molecule has 0 saturated carbocycles. The number of thiophene rings is 1. The van der Waals surface area contributed by atoms with E-state index >= 15 is 0 Å². The molecule has 0 aliphatic rings. The van der Waals surface area contributed by atoms with Crippen molar-refractivity contribution in [2.75, 3.05) is 0 Å². The second-order valence-electron chi connectivity index (χ2n) is 4.86. The van der Waals surface area contributed by atoms with Crippen molar-refractivity contribution in [1.29, 1.82) is 0 Å². The van der Waals surface area contributed by atoms with Gasteiger partial charge >= 0.3 is 6.18 Å². The summed E-state index contributed by atoms with van der Waals surface area (Å²) in [6.45, 7) is 1.93. The smallest absolute Gasteiger partial charge is 0.416 e. The van der Waals surface area contributed by atoms with Gasteiger partial charge in [0, 0.05) is 10.1 Å². The van der Waals surface area contributed by atoms with Crippen molar-refractivity contribution < 1.29 is 18.3 Å². The van der Waals surface area contributed by atoms with Gasteiger partial charge in [-0.25, -0.2) is 0 Å². The van der Waals surface area contributed by atoms with Gasteiger partial charge in [-0.15, -0.1) is 11.3 Å². The fourth-order valence-corrected chi connectivity index (χ4v) is 3.32. The lowest BCUT2D eigenvalue weighted by atomic mass is 10.1. The monoisotopic (exact) mass is 308 g/mol. The van der Waals surface area contributed by atoms with Crippen molar-refractivity contribution in [2.24, 2.45) is 0 Å². The average molecular weight is 308 g/mol. The van der Waals surface area contributed by atoms with Gasteiger partial charge in [0.05, 0.1) is 10.4 Å². The Hall–Kier alpha value is -2.01. The molecule has 0 aliphatic heterocycles. The molecule has 2 aromatic carbocycles. The SMILES string of the molecule is Cc1cccc(-c2sc3ccc(C(F)(F)F)cc3c2O)c1. The highest BCUT2D eigenvalue weighted by atomic mass is 32.1. The highest BCUT2D eigenvalue weighted by Crippen LogP contribution is 2.45. The molecule has 1 heterocycles. The van der Waals surface area contributed by atoms with Crippen LogP contribution in [0.2, 0.25) is 0 Å². The van der Waals surface area contributed by atoms with E-state index in [1.165, 1.54) is 17.4 Å². The lowest BCUT2D eigenvalue weighted by Crippen LogP contribution is -2.03. The van der Waals surface area contributed by atoms with Crippen LogP contribution in [-0.4, -0.2) is 5.11 Å². The molecule has 3 aromatic rings. The summed E-state index contributed by atoms with van der Waals surface area (Å²) in [5.41, 5.74) is 1.08. The molecule has 3 rings (SSSR count). The van der Waals surface area contributed by atoms with E-state index in [2.05, 4.69) is 0 Å². The van der Waals surface area contributed by atoms with Crippen molar-refractivity contribution in [3.05, 3.63) is 53.6 Å². The van der Waals surface area contributed by atoms with Crippen molar-refractivity contribution in [3.63, 3.8) is 0 Å². The Balaban J connectivity index is 2.21. The molecule has 0 amide bonds. The zero-order valence-corrected chi connectivity index (χ0v) is 11.8. The third-order valence-corrected chi connectivity index (χ3v) is 4.48. The first kappa shape index (κ1) is 13.9. The van der Waals surface area contributed by atoms with Crippen molar-refractivity contribution in [3.8, 4) is 16.2 Å². The summed E-state index contributed by atoms with van der Waals surface area (Å²) in [5, 5.41) is 10.5. The van der Waals surface area contributed by atoms with E-state index in [-0.39, 0.29) is 11.1 Å². The molecular weight excluding hydrogens is 297 g/mol.